The van der Waals surface area contributed by atoms with Gasteiger partial charge in [0.1, 0.15) is 0 Å². The van der Waals surface area contributed by atoms with E-state index in [2.05, 4.69) is 4.99 Å². The first kappa shape index (κ1) is 8.21. The van der Waals surface area contributed by atoms with E-state index in [1.165, 1.54) is 0 Å². The molecule has 0 heterocycles. The molecule has 0 aromatic carbocycles. The van der Waals surface area contributed by atoms with Crippen LogP contribution in [0.15, 0.2) is 16.9 Å². The van der Waals surface area contributed by atoms with Gasteiger partial charge in [-0.3, -0.25) is 4.99 Å². The minimum absolute atomic E-state index is 0.910. The van der Waals surface area contributed by atoms with Crippen molar-refractivity contribution in [3.05, 3.63) is 11.9 Å². The molecule has 0 saturated heterocycles. The number of rotatable bonds is 3. The molecule has 0 aliphatic carbocycles. The number of hydrogen-bond donors (Lipinski definition) is 1. The first-order valence-electron chi connectivity index (χ1n) is 3.28. The third kappa shape index (κ3) is 3.76. The normalized spacial score (nSPS) is 12.9. The van der Waals surface area contributed by atoms with Crippen LogP contribution in [0.2, 0.25) is 0 Å². The summed E-state index contributed by atoms with van der Waals surface area (Å²) in [5, 5.41) is 0. The molecule has 0 aromatic heterocycles. The van der Waals surface area contributed by atoms with Crippen LogP contribution < -0.4 is 5.73 Å². The standard InChI is InChI=1S/C7H14N2/c1-3-5-9-7(4-2)6-8/h5-6H,3-4,8H2,1-2H3/b7-6+,9-5?. The third-order valence-corrected chi connectivity index (χ3v) is 0.994. The van der Waals surface area contributed by atoms with Crippen LogP contribution in [0.1, 0.15) is 26.7 Å². The molecule has 0 aliphatic rings. The largest absolute Gasteiger partial charge is 0.403 e. The lowest BCUT2D eigenvalue weighted by Crippen LogP contribution is -1.84. The van der Waals surface area contributed by atoms with Gasteiger partial charge in [-0.25, -0.2) is 0 Å². The maximum Gasteiger partial charge on any atom is 0.0551 e. The molecule has 52 valence electrons. The first-order chi connectivity index (χ1) is 4.35. The van der Waals surface area contributed by atoms with E-state index >= 15 is 0 Å². The SMILES string of the molecule is CCC=N/C(=C/N)CC. The van der Waals surface area contributed by atoms with Crippen molar-refractivity contribution < 1.29 is 0 Å². The fourth-order valence-corrected chi connectivity index (χ4v) is 0.461. The zero-order chi connectivity index (χ0) is 7.11. The van der Waals surface area contributed by atoms with Gasteiger partial charge in [0.15, 0.2) is 0 Å². The van der Waals surface area contributed by atoms with Crippen molar-refractivity contribution in [3.63, 3.8) is 0 Å². The lowest BCUT2D eigenvalue weighted by atomic mass is 10.4. The molecule has 2 N–H and O–H groups in total. The van der Waals surface area contributed by atoms with Gasteiger partial charge in [0.05, 0.1) is 5.70 Å². The fourth-order valence-electron chi connectivity index (χ4n) is 0.461. The molecule has 0 amide bonds. The smallest absolute Gasteiger partial charge is 0.0551 e. The van der Waals surface area contributed by atoms with Gasteiger partial charge in [-0.05, 0) is 12.8 Å². The van der Waals surface area contributed by atoms with Crippen LogP contribution in [-0.2, 0) is 0 Å². The highest BCUT2D eigenvalue weighted by atomic mass is 14.7. The van der Waals surface area contributed by atoms with Crippen LogP contribution in [0.4, 0.5) is 0 Å². The summed E-state index contributed by atoms with van der Waals surface area (Å²) in [6.07, 6.45) is 5.29. The zero-order valence-corrected chi connectivity index (χ0v) is 6.09. The van der Waals surface area contributed by atoms with Crippen molar-refractivity contribution in [3.8, 4) is 0 Å². The Bertz CT molecular complexity index is 114. The number of hydrogen-bond acceptors (Lipinski definition) is 2. The molecule has 2 heteroatoms. The first-order valence-corrected chi connectivity index (χ1v) is 3.28. The molecule has 0 radical (unpaired) electrons. The summed E-state index contributed by atoms with van der Waals surface area (Å²) in [6.45, 7) is 4.08. The van der Waals surface area contributed by atoms with Crippen LogP contribution in [0.25, 0.3) is 0 Å². The van der Waals surface area contributed by atoms with Crippen molar-refractivity contribution in [1.29, 1.82) is 0 Å². The van der Waals surface area contributed by atoms with Gasteiger partial charge in [0, 0.05) is 12.4 Å². The molecular formula is C7H14N2. The fraction of sp³-hybridized carbons (Fsp3) is 0.571. The second-order valence-electron chi connectivity index (χ2n) is 1.73. The van der Waals surface area contributed by atoms with E-state index in [9.17, 15) is 0 Å². The number of nitrogens with two attached hydrogens (primary N) is 1. The molecule has 0 bridgehead atoms. The second-order valence-corrected chi connectivity index (χ2v) is 1.73. The summed E-state index contributed by atoms with van der Waals surface area (Å²) in [5.74, 6) is 0. The van der Waals surface area contributed by atoms with Gasteiger partial charge in [-0.15, -0.1) is 0 Å². The Morgan fingerprint density at radius 3 is 2.56 bits per heavy atom. The van der Waals surface area contributed by atoms with Crippen molar-refractivity contribution in [1.82, 2.24) is 0 Å². The Morgan fingerprint density at radius 1 is 1.56 bits per heavy atom. The number of aliphatic imine (C=N–C) groups is 1. The molecule has 0 saturated carbocycles. The predicted molar refractivity (Wildman–Crippen MR) is 41.3 cm³/mol. The average Bonchev–Trinajstić information content (AvgIpc) is 1.91. The highest BCUT2D eigenvalue weighted by molar-refractivity contribution is 5.58. The van der Waals surface area contributed by atoms with E-state index < -0.39 is 0 Å². The van der Waals surface area contributed by atoms with Crippen molar-refractivity contribution in [2.75, 3.05) is 0 Å². The third-order valence-electron chi connectivity index (χ3n) is 0.994. The molecule has 0 aromatic rings. The zero-order valence-electron chi connectivity index (χ0n) is 6.09. The van der Waals surface area contributed by atoms with E-state index in [0.29, 0.717) is 0 Å². The highest BCUT2D eigenvalue weighted by Crippen LogP contribution is 1.97. The summed E-state index contributed by atoms with van der Waals surface area (Å²) in [4.78, 5) is 4.09. The van der Waals surface area contributed by atoms with Gasteiger partial charge in [-0.2, -0.15) is 0 Å². The summed E-state index contributed by atoms with van der Waals surface area (Å²) in [5.41, 5.74) is 6.20. The molecule has 0 fully saturated rings. The summed E-state index contributed by atoms with van der Waals surface area (Å²) >= 11 is 0. The quantitative estimate of drug-likeness (QED) is 0.574. The van der Waals surface area contributed by atoms with Crippen molar-refractivity contribution >= 4 is 6.21 Å². The molecule has 2 nitrogen and oxygen atoms in total. The van der Waals surface area contributed by atoms with Crippen LogP contribution >= 0.6 is 0 Å². The Morgan fingerprint density at radius 2 is 2.22 bits per heavy atom. The predicted octanol–water partition coefficient (Wildman–Crippen LogP) is 1.68. The molecule has 0 unspecified atom stereocenters. The van der Waals surface area contributed by atoms with Gasteiger partial charge in [-0.1, -0.05) is 13.8 Å². The molecule has 0 aliphatic heterocycles. The minimum Gasteiger partial charge on any atom is -0.403 e. The van der Waals surface area contributed by atoms with Crippen molar-refractivity contribution in [2.24, 2.45) is 10.7 Å². The van der Waals surface area contributed by atoms with E-state index in [4.69, 9.17) is 5.73 Å². The maximum atomic E-state index is 5.25. The Labute approximate surface area is 56.5 Å². The molecule has 9 heavy (non-hydrogen) atoms. The van der Waals surface area contributed by atoms with Gasteiger partial charge in [0.25, 0.3) is 0 Å². The summed E-state index contributed by atoms with van der Waals surface area (Å²) < 4.78 is 0. The lowest BCUT2D eigenvalue weighted by molar-refractivity contribution is 1.05. The van der Waals surface area contributed by atoms with Crippen LogP contribution in [0.3, 0.4) is 0 Å². The molecule has 0 rings (SSSR count). The average molecular weight is 126 g/mol. The highest BCUT2D eigenvalue weighted by Gasteiger charge is 1.82. The van der Waals surface area contributed by atoms with Crippen molar-refractivity contribution in [2.45, 2.75) is 26.7 Å². The Kier molecular flexibility index (Phi) is 4.88. The summed E-state index contributed by atoms with van der Waals surface area (Å²) in [7, 11) is 0. The number of allylic oxidation sites excluding steroid dienone is 1. The van der Waals surface area contributed by atoms with Crippen LogP contribution in [-0.4, -0.2) is 6.21 Å². The second kappa shape index (κ2) is 5.35. The van der Waals surface area contributed by atoms with Crippen LogP contribution in [0, 0.1) is 0 Å². The Balaban J connectivity index is 3.70. The number of nitrogens with zero attached hydrogens (tertiary/aromatic N) is 1. The van der Waals surface area contributed by atoms with Gasteiger partial charge in [0.2, 0.25) is 0 Å². The monoisotopic (exact) mass is 126 g/mol. The van der Waals surface area contributed by atoms with E-state index in [-0.39, 0.29) is 0 Å². The Hall–Kier alpha value is -0.790. The van der Waals surface area contributed by atoms with Gasteiger partial charge >= 0.3 is 0 Å². The summed E-state index contributed by atoms with van der Waals surface area (Å²) in [6, 6.07) is 0. The van der Waals surface area contributed by atoms with E-state index in [1.54, 1.807) is 6.20 Å². The molecule has 0 spiro atoms. The van der Waals surface area contributed by atoms with Gasteiger partial charge < -0.3 is 5.73 Å². The van der Waals surface area contributed by atoms with E-state index in [0.717, 1.165) is 18.5 Å². The maximum absolute atomic E-state index is 5.25. The van der Waals surface area contributed by atoms with Crippen LogP contribution in [0.5, 0.6) is 0 Å². The molecular weight excluding hydrogens is 112 g/mol. The minimum atomic E-state index is 0.910. The molecule has 0 atom stereocenters. The van der Waals surface area contributed by atoms with E-state index in [1.807, 2.05) is 20.1 Å². The lowest BCUT2D eigenvalue weighted by Gasteiger charge is -1.91. The topological polar surface area (TPSA) is 38.4 Å².